The lowest BCUT2D eigenvalue weighted by Gasteiger charge is -2.27. The Labute approximate surface area is 98.2 Å². The lowest BCUT2D eigenvalue weighted by Crippen LogP contribution is -2.43. The van der Waals surface area contributed by atoms with Gasteiger partial charge in [0.15, 0.2) is 5.78 Å². The van der Waals surface area contributed by atoms with E-state index in [4.69, 9.17) is 0 Å². The van der Waals surface area contributed by atoms with Gasteiger partial charge < -0.3 is 4.90 Å². The second kappa shape index (κ2) is 5.46. The third-order valence-electron chi connectivity index (χ3n) is 3.60. The molecule has 0 radical (unpaired) electrons. The lowest BCUT2D eigenvalue weighted by molar-refractivity contribution is -0.138. The van der Waals surface area contributed by atoms with Crippen molar-refractivity contribution in [1.82, 2.24) is 4.90 Å². The number of likely N-dealkylation sites (tertiary alicyclic amines) is 1. The molecule has 0 aromatic carbocycles. The highest BCUT2D eigenvalue weighted by atomic mass is 16.2. The van der Waals surface area contributed by atoms with Crippen molar-refractivity contribution in [3.63, 3.8) is 0 Å². The van der Waals surface area contributed by atoms with Gasteiger partial charge >= 0.3 is 0 Å². The second-order valence-electron chi connectivity index (χ2n) is 5.03. The van der Waals surface area contributed by atoms with Crippen molar-refractivity contribution in [3.8, 4) is 0 Å². The third-order valence-corrected chi connectivity index (χ3v) is 3.60. The number of hydrogen-bond acceptors (Lipinski definition) is 2. The van der Waals surface area contributed by atoms with Gasteiger partial charge in [0.25, 0.3) is 0 Å². The van der Waals surface area contributed by atoms with Crippen LogP contribution in [0.25, 0.3) is 0 Å². The minimum atomic E-state index is -0.148. The van der Waals surface area contributed by atoms with E-state index in [0.29, 0.717) is 5.92 Å². The van der Waals surface area contributed by atoms with Gasteiger partial charge in [0, 0.05) is 19.4 Å². The van der Waals surface area contributed by atoms with Crippen molar-refractivity contribution < 1.29 is 9.59 Å². The molecule has 1 saturated heterocycles. The van der Waals surface area contributed by atoms with Crippen molar-refractivity contribution in [3.05, 3.63) is 0 Å². The molecule has 1 aliphatic heterocycles. The Hall–Kier alpha value is -0.860. The van der Waals surface area contributed by atoms with Gasteiger partial charge in [0.2, 0.25) is 5.91 Å². The summed E-state index contributed by atoms with van der Waals surface area (Å²) in [6.45, 7) is 8.52. The average molecular weight is 225 g/mol. The first-order chi connectivity index (χ1) is 7.49. The van der Waals surface area contributed by atoms with Gasteiger partial charge in [0.05, 0.1) is 6.04 Å². The van der Waals surface area contributed by atoms with Crippen LogP contribution in [0.4, 0.5) is 0 Å². The van der Waals surface area contributed by atoms with Crippen LogP contribution in [0.15, 0.2) is 0 Å². The van der Waals surface area contributed by atoms with E-state index >= 15 is 0 Å². The summed E-state index contributed by atoms with van der Waals surface area (Å²) >= 11 is 0. The number of amides is 1. The zero-order valence-corrected chi connectivity index (χ0v) is 10.8. The Morgan fingerprint density at radius 2 is 2.00 bits per heavy atom. The molecule has 2 unspecified atom stereocenters. The molecule has 0 aromatic heterocycles. The highest BCUT2D eigenvalue weighted by Crippen LogP contribution is 2.25. The maximum absolute atomic E-state index is 12.3. The minimum absolute atomic E-state index is 0.0365. The van der Waals surface area contributed by atoms with Crippen molar-refractivity contribution in [2.24, 2.45) is 11.8 Å². The Balaban J connectivity index is 2.75. The molecule has 92 valence electrons. The number of ketones is 1. The second-order valence-corrected chi connectivity index (χ2v) is 5.03. The van der Waals surface area contributed by atoms with Gasteiger partial charge in [-0.1, -0.05) is 20.8 Å². The zero-order chi connectivity index (χ0) is 12.3. The quantitative estimate of drug-likeness (QED) is 0.736. The largest absolute Gasteiger partial charge is 0.333 e. The molecule has 1 rings (SSSR count). The monoisotopic (exact) mass is 225 g/mol. The summed E-state index contributed by atoms with van der Waals surface area (Å²) in [4.78, 5) is 25.5. The SMILES string of the molecule is CCC(C(=O)C1CCCN1C(C)=O)C(C)C. The van der Waals surface area contributed by atoms with Gasteiger partial charge in [-0.05, 0) is 25.2 Å². The standard InChI is InChI=1S/C13H23NO2/c1-5-11(9(2)3)13(16)12-7-6-8-14(12)10(4)15/h9,11-12H,5-8H2,1-4H3. The fraction of sp³-hybridized carbons (Fsp3) is 0.846. The summed E-state index contributed by atoms with van der Waals surface area (Å²) in [5.74, 6) is 0.775. The maximum atomic E-state index is 12.3. The number of hydrogen-bond donors (Lipinski definition) is 0. The predicted octanol–water partition coefficient (Wildman–Crippen LogP) is 2.25. The van der Waals surface area contributed by atoms with Crippen LogP contribution >= 0.6 is 0 Å². The van der Waals surface area contributed by atoms with E-state index in [0.717, 1.165) is 25.8 Å². The smallest absolute Gasteiger partial charge is 0.220 e. The molecule has 2 atom stereocenters. The first-order valence-corrected chi connectivity index (χ1v) is 6.30. The number of carbonyl (C=O) groups excluding carboxylic acids is 2. The van der Waals surface area contributed by atoms with Crippen LogP contribution in [0.5, 0.6) is 0 Å². The molecule has 0 N–H and O–H groups in total. The maximum Gasteiger partial charge on any atom is 0.220 e. The Bertz CT molecular complexity index is 273. The van der Waals surface area contributed by atoms with Gasteiger partial charge in [-0.15, -0.1) is 0 Å². The molecule has 1 fully saturated rings. The molecule has 1 aliphatic rings. The van der Waals surface area contributed by atoms with Crippen LogP contribution in [-0.4, -0.2) is 29.2 Å². The van der Waals surface area contributed by atoms with Crippen LogP contribution in [0, 0.1) is 11.8 Å². The van der Waals surface area contributed by atoms with E-state index in [9.17, 15) is 9.59 Å². The van der Waals surface area contributed by atoms with Crippen molar-refractivity contribution in [1.29, 1.82) is 0 Å². The molecule has 0 spiro atoms. The fourth-order valence-corrected chi connectivity index (χ4v) is 2.69. The summed E-state index contributed by atoms with van der Waals surface area (Å²) in [7, 11) is 0. The molecule has 1 amide bonds. The van der Waals surface area contributed by atoms with Gasteiger partial charge in [-0.3, -0.25) is 9.59 Å². The number of rotatable bonds is 4. The van der Waals surface area contributed by atoms with Crippen molar-refractivity contribution in [2.45, 2.75) is 53.0 Å². The lowest BCUT2D eigenvalue weighted by atomic mass is 9.85. The topological polar surface area (TPSA) is 37.4 Å². The van der Waals surface area contributed by atoms with E-state index in [-0.39, 0.29) is 23.7 Å². The Morgan fingerprint density at radius 1 is 1.38 bits per heavy atom. The van der Waals surface area contributed by atoms with E-state index < -0.39 is 0 Å². The summed E-state index contributed by atoms with van der Waals surface area (Å²) in [5, 5.41) is 0. The first-order valence-electron chi connectivity index (χ1n) is 6.30. The van der Waals surface area contributed by atoms with E-state index in [1.807, 2.05) is 0 Å². The Kier molecular flexibility index (Phi) is 4.51. The molecule has 0 aromatic rings. The summed E-state index contributed by atoms with van der Waals surface area (Å²) in [5.41, 5.74) is 0. The van der Waals surface area contributed by atoms with Crippen LogP contribution < -0.4 is 0 Å². The van der Waals surface area contributed by atoms with Crippen LogP contribution in [0.3, 0.4) is 0 Å². The molecule has 16 heavy (non-hydrogen) atoms. The van der Waals surface area contributed by atoms with E-state index in [1.165, 1.54) is 0 Å². The molecule has 0 saturated carbocycles. The third kappa shape index (κ3) is 2.63. The predicted molar refractivity (Wildman–Crippen MR) is 64.0 cm³/mol. The van der Waals surface area contributed by atoms with Crippen molar-refractivity contribution in [2.75, 3.05) is 6.54 Å². The molecule has 0 bridgehead atoms. The van der Waals surface area contributed by atoms with Gasteiger partial charge in [-0.25, -0.2) is 0 Å². The van der Waals surface area contributed by atoms with E-state index in [1.54, 1.807) is 11.8 Å². The zero-order valence-electron chi connectivity index (χ0n) is 10.8. The molecular formula is C13H23NO2. The molecule has 0 aliphatic carbocycles. The first kappa shape index (κ1) is 13.2. The van der Waals surface area contributed by atoms with Gasteiger partial charge in [0.1, 0.15) is 0 Å². The van der Waals surface area contributed by atoms with Crippen LogP contribution in [0.2, 0.25) is 0 Å². The minimum Gasteiger partial charge on any atom is -0.333 e. The fourth-order valence-electron chi connectivity index (χ4n) is 2.69. The highest BCUT2D eigenvalue weighted by Gasteiger charge is 2.36. The number of Topliss-reactive ketones (excluding diaryl/α,β-unsaturated/α-hetero) is 1. The number of carbonyl (C=O) groups is 2. The van der Waals surface area contributed by atoms with Gasteiger partial charge in [-0.2, -0.15) is 0 Å². The summed E-state index contributed by atoms with van der Waals surface area (Å²) in [6.07, 6.45) is 2.69. The normalized spacial score (nSPS) is 22.6. The highest BCUT2D eigenvalue weighted by molar-refractivity contribution is 5.90. The van der Waals surface area contributed by atoms with Crippen LogP contribution in [0.1, 0.15) is 47.0 Å². The molecular weight excluding hydrogens is 202 g/mol. The van der Waals surface area contributed by atoms with Crippen LogP contribution in [-0.2, 0) is 9.59 Å². The summed E-state index contributed by atoms with van der Waals surface area (Å²) in [6, 6.07) is -0.148. The summed E-state index contributed by atoms with van der Waals surface area (Å²) < 4.78 is 0. The Morgan fingerprint density at radius 3 is 2.44 bits per heavy atom. The average Bonchev–Trinajstić information content (AvgIpc) is 2.65. The van der Waals surface area contributed by atoms with Crippen molar-refractivity contribution >= 4 is 11.7 Å². The molecule has 3 heteroatoms. The number of nitrogens with zero attached hydrogens (tertiary/aromatic N) is 1. The molecule has 3 nitrogen and oxygen atoms in total. The molecule has 1 heterocycles. The van der Waals surface area contributed by atoms with E-state index in [2.05, 4.69) is 20.8 Å².